The molecule has 20 heavy (non-hydrogen) atoms. The summed E-state index contributed by atoms with van der Waals surface area (Å²) in [4.78, 5) is 43.7. The molecular formula is C12H18O8. The lowest BCUT2D eigenvalue weighted by Crippen LogP contribution is -2.50. The summed E-state index contributed by atoms with van der Waals surface area (Å²) in [6, 6.07) is 0. The van der Waals surface area contributed by atoms with E-state index in [1.165, 1.54) is 6.92 Å². The summed E-state index contributed by atoms with van der Waals surface area (Å²) in [7, 11) is 0. The van der Waals surface area contributed by atoms with E-state index in [1.54, 1.807) is 0 Å². The number of rotatable bonds is 7. The molecule has 0 rings (SSSR count). The molecule has 0 heterocycles. The van der Waals surface area contributed by atoms with Crippen LogP contribution < -0.4 is 0 Å². The number of ether oxygens (including phenoxy) is 3. The maximum atomic E-state index is 11.1. The molecule has 4 atom stereocenters. The monoisotopic (exact) mass is 290 g/mol. The Balaban J connectivity index is 5.27. The van der Waals surface area contributed by atoms with Gasteiger partial charge in [-0.25, -0.2) is 0 Å². The molecule has 0 fully saturated rings. The summed E-state index contributed by atoms with van der Waals surface area (Å²) in [6.45, 7) is 4.67. The van der Waals surface area contributed by atoms with E-state index in [1.807, 2.05) is 0 Å². The van der Waals surface area contributed by atoms with Crippen LogP contribution in [0, 0.1) is 0 Å². The Kier molecular flexibility index (Phi) is 7.45. The standard InChI is InChI=1S/C12H18O8/c1-6(18-7(2)14)11(19-8(3)15)12(10(17)5-13)20-9(4)16/h5-6,10-12,17H,1-4H3/t6-,10-,11-,12-/m0/s1. The first-order valence-corrected chi connectivity index (χ1v) is 5.84. The Bertz CT molecular complexity index is 378. The van der Waals surface area contributed by atoms with Crippen LogP contribution in [0.5, 0.6) is 0 Å². The summed E-state index contributed by atoms with van der Waals surface area (Å²) in [6.07, 6.45) is -5.38. The second-order valence-corrected chi connectivity index (χ2v) is 4.09. The first-order valence-electron chi connectivity index (χ1n) is 5.84. The first kappa shape index (κ1) is 18.0. The highest BCUT2D eigenvalue weighted by Gasteiger charge is 2.39. The fourth-order valence-electron chi connectivity index (χ4n) is 1.55. The summed E-state index contributed by atoms with van der Waals surface area (Å²) >= 11 is 0. The molecule has 0 aliphatic carbocycles. The van der Waals surface area contributed by atoms with Crippen molar-refractivity contribution in [3.63, 3.8) is 0 Å². The maximum absolute atomic E-state index is 11.1. The van der Waals surface area contributed by atoms with Gasteiger partial charge in [-0.05, 0) is 6.92 Å². The van der Waals surface area contributed by atoms with Crippen molar-refractivity contribution >= 4 is 24.2 Å². The Morgan fingerprint density at radius 3 is 1.65 bits per heavy atom. The van der Waals surface area contributed by atoms with Gasteiger partial charge in [0.05, 0.1) is 0 Å². The fourth-order valence-corrected chi connectivity index (χ4v) is 1.55. The topological polar surface area (TPSA) is 116 Å². The van der Waals surface area contributed by atoms with Crippen LogP contribution in [0.2, 0.25) is 0 Å². The number of carbonyl (C=O) groups is 4. The van der Waals surface area contributed by atoms with Gasteiger partial charge < -0.3 is 24.1 Å². The van der Waals surface area contributed by atoms with Gasteiger partial charge >= 0.3 is 17.9 Å². The predicted octanol–water partition coefficient (Wildman–Crippen LogP) is -0.639. The number of hydrogen-bond acceptors (Lipinski definition) is 8. The maximum Gasteiger partial charge on any atom is 0.303 e. The van der Waals surface area contributed by atoms with Crippen LogP contribution in [0.25, 0.3) is 0 Å². The van der Waals surface area contributed by atoms with E-state index in [4.69, 9.17) is 14.2 Å². The van der Waals surface area contributed by atoms with Crippen molar-refractivity contribution in [3.05, 3.63) is 0 Å². The van der Waals surface area contributed by atoms with Crippen LogP contribution in [0.1, 0.15) is 27.7 Å². The molecule has 0 aliphatic heterocycles. The van der Waals surface area contributed by atoms with Crippen molar-refractivity contribution in [2.45, 2.75) is 52.1 Å². The Hall–Kier alpha value is -1.96. The van der Waals surface area contributed by atoms with Crippen molar-refractivity contribution in [2.24, 2.45) is 0 Å². The van der Waals surface area contributed by atoms with Crippen LogP contribution in [-0.4, -0.2) is 53.7 Å². The fraction of sp³-hybridized carbons (Fsp3) is 0.667. The third-order valence-corrected chi connectivity index (χ3v) is 2.22. The number of aldehydes is 1. The van der Waals surface area contributed by atoms with Gasteiger partial charge in [0.2, 0.25) is 0 Å². The highest BCUT2D eigenvalue weighted by molar-refractivity contribution is 5.69. The molecule has 0 spiro atoms. The summed E-state index contributed by atoms with van der Waals surface area (Å²) in [5, 5.41) is 9.56. The third-order valence-electron chi connectivity index (χ3n) is 2.22. The Morgan fingerprint density at radius 2 is 1.30 bits per heavy atom. The predicted molar refractivity (Wildman–Crippen MR) is 64.4 cm³/mol. The van der Waals surface area contributed by atoms with Gasteiger partial charge in [0, 0.05) is 20.8 Å². The highest BCUT2D eigenvalue weighted by atomic mass is 16.6. The lowest BCUT2D eigenvalue weighted by Gasteiger charge is -2.31. The van der Waals surface area contributed by atoms with E-state index in [0.717, 1.165) is 20.8 Å². The summed E-state index contributed by atoms with van der Waals surface area (Å²) in [5.74, 6) is -2.19. The van der Waals surface area contributed by atoms with Gasteiger partial charge in [-0.15, -0.1) is 0 Å². The van der Waals surface area contributed by atoms with Crippen LogP contribution in [0.4, 0.5) is 0 Å². The molecule has 0 bridgehead atoms. The van der Waals surface area contributed by atoms with Gasteiger partial charge in [-0.2, -0.15) is 0 Å². The largest absolute Gasteiger partial charge is 0.459 e. The van der Waals surface area contributed by atoms with Crippen LogP contribution in [-0.2, 0) is 33.4 Å². The molecule has 0 aromatic carbocycles. The molecule has 114 valence electrons. The molecule has 0 amide bonds. The molecule has 0 aliphatic rings. The SMILES string of the molecule is CC(=O)O[C@H]([C@@H](OC(C)=O)[C@@H](O)C=O)[C@H](C)OC(C)=O. The first-order chi connectivity index (χ1) is 9.18. The number of aliphatic hydroxyl groups excluding tert-OH is 1. The molecule has 0 saturated carbocycles. The van der Waals surface area contributed by atoms with Gasteiger partial charge in [-0.3, -0.25) is 14.4 Å². The number of aliphatic hydroxyl groups is 1. The highest BCUT2D eigenvalue weighted by Crippen LogP contribution is 2.16. The third kappa shape index (κ3) is 6.28. The van der Waals surface area contributed by atoms with Gasteiger partial charge in [0.15, 0.2) is 18.5 Å². The molecule has 0 saturated heterocycles. The minimum Gasteiger partial charge on any atom is -0.459 e. The molecule has 8 nitrogen and oxygen atoms in total. The second-order valence-electron chi connectivity index (χ2n) is 4.09. The Morgan fingerprint density at radius 1 is 0.900 bits per heavy atom. The van der Waals surface area contributed by atoms with E-state index in [0.29, 0.717) is 0 Å². The quantitative estimate of drug-likeness (QED) is 0.374. The van der Waals surface area contributed by atoms with E-state index < -0.39 is 42.3 Å². The van der Waals surface area contributed by atoms with Gasteiger partial charge in [-0.1, -0.05) is 0 Å². The zero-order valence-electron chi connectivity index (χ0n) is 11.7. The number of carbonyl (C=O) groups excluding carboxylic acids is 4. The zero-order chi connectivity index (χ0) is 15.9. The zero-order valence-corrected chi connectivity index (χ0v) is 11.7. The molecule has 0 radical (unpaired) electrons. The lowest BCUT2D eigenvalue weighted by atomic mass is 10.0. The van der Waals surface area contributed by atoms with E-state index in [2.05, 4.69) is 0 Å². The van der Waals surface area contributed by atoms with Crippen molar-refractivity contribution < 1.29 is 38.5 Å². The Labute approximate surface area is 116 Å². The minimum absolute atomic E-state index is 0.130. The normalized spacial score (nSPS) is 16.2. The van der Waals surface area contributed by atoms with Crippen molar-refractivity contribution in [2.75, 3.05) is 0 Å². The van der Waals surface area contributed by atoms with Gasteiger partial charge in [0.25, 0.3) is 0 Å². The van der Waals surface area contributed by atoms with Crippen LogP contribution in [0.15, 0.2) is 0 Å². The number of esters is 3. The van der Waals surface area contributed by atoms with E-state index in [9.17, 15) is 24.3 Å². The number of hydrogen-bond donors (Lipinski definition) is 1. The minimum atomic E-state index is -1.72. The molecule has 0 unspecified atom stereocenters. The average molecular weight is 290 g/mol. The van der Waals surface area contributed by atoms with Crippen molar-refractivity contribution in [1.29, 1.82) is 0 Å². The smallest absolute Gasteiger partial charge is 0.303 e. The van der Waals surface area contributed by atoms with Crippen LogP contribution in [0.3, 0.4) is 0 Å². The van der Waals surface area contributed by atoms with E-state index >= 15 is 0 Å². The lowest BCUT2D eigenvalue weighted by molar-refractivity contribution is -0.190. The van der Waals surface area contributed by atoms with Crippen LogP contribution >= 0.6 is 0 Å². The molecule has 0 aromatic rings. The molecular weight excluding hydrogens is 272 g/mol. The van der Waals surface area contributed by atoms with E-state index in [-0.39, 0.29) is 6.29 Å². The van der Waals surface area contributed by atoms with Crippen molar-refractivity contribution in [1.82, 2.24) is 0 Å². The summed E-state index contributed by atoms with van der Waals surface area (Å²) < 4.78 is 14.5. The summed E-state index contributed by atoms with van der Waals surface area (Å²) in [5.41, 5.74) is 0. The average Bonchev–Trinajstić information content (AvgIpc) is 2.30. The second kappa shape index (κ2) is 8.26. The van der Waals surface area contributed by atoms with Gasteiger partial charge in [0.1, 0.15) is 12.2 Å². The molecule has 1 N–H and O–H groups in total. The van der Waals surface area contributed by atoms with Crippen molar-refractivity contribution in [3.8, 4) is 0 Å². The molecule has 0 aromatic heterocycles. The molecule has 8 heteroatoms.